The largest absolute Gasteiger partial charge is 0.331 e. The average molecular weight is 304 g/mol. The van der Waals surface area contributed by atoms with Crippen molar-refractivity contribution in [1.29, 1.82) is 0 Å². The van der Waals surface area contributed by atoms with E-state index >= 15 is 0 Å². The van der Waals surface area contributed by atoms with Gasteiger partial charge in [-0.3, -0.25) is 19.1 Å². The van der Waals surface area contributed by atoms with E-state index in [1.165, 1.54) is 6.42 Å². The lowest BCUT2D eigenvalue weighted by Crippen LogP contribution is -2.45. The molecule has 1 aromatic heterocycles. The third-order valence-electron chi connectivity index (χ3n) is 5.00. The summed E-state index contributed by atoms with van der Waals surface area (Å²) in [5.74, 6) is 0.840. The number of nitrogens with zero attached hydrogens (tertiary/aromatic N) is 4. The van der Waals surface area contributed by atoms with E-state index in [1.54, 1.807) is 16.5 Å². The first-order valence-corrected chi connectivity index (χ1v) is 8.03. The van der Waals surface area contributed by atoms with Crippen LogP contribution in [-0.4, -0.2) is 44.9 Å². The minimum atomic E-state index is -0.0539. The Morgan fingerprint density at radius 2 is 1.95 bits per heavy atom. The summed E-state index contributed by atoms with van der Waals surface area (Å²) in [6.07, 6.45) is 4.35. The zero-order valence-electron chi connectivity index (χ0n) is 13.6. The molecule has 1 aromatic rings. The van der Waals surface area contributed by atoms with Gasteiger partial charge in [-0.15, -0.1) is 0 Å². The molecule has 120 valence electrons. The number of likely N-dealkylation sites (N-methyl/N-ethyl adjacent to an activating group) is 1. The summed E-state index contributed by atoms with van der Waals surface area (Å²) < 4.78 is 1.56. The summed E-state index contributed by atoms with van der Waals surface area (Å²) in [6.45, 7) is 3.66. The summed E-state index contributed by atoms with van der Waals surface area (Å²) in [6, 6.07) is -0.0539. The van der Waals surface area contributed by atoms with Crippen molar-refractivity contribution in [2.75, 3.05) is 13.6 Å². The Morgan fingerprint density at radius 3 is 2.73 bits per heavy atom. The maximum Gasteiger partial charge on any atom is 0.258 e. The Hall–Kier alpha value is -1.69. The maximum absolute atomic E-state index is 12.9. The molecule has 0 aromatic carbocycles. The van der Waals surface area contributed by atoms with Crippen LogP contribution in [0.1, 0.15) is 42.8 Å². The second-order valence-corrected chi connectivity index (χ2v) is 6.49. The van der Waals surface area contributed by atoms with Crippen LogP contribution in [0.25, 0.3) is 0 Å². The Bertz CT molecular complexity index is 652. The fourth-order valence-electron chi connectivity index (χ4n) is 3.46. The molecule has 0 N–H and O–H groups in total. The second kappa shape index (κ2) is 5.83. The summed E-state index contributed by atoms with van der Waals surface area (Å²) >= 11 is 0. The number of fused-ring (bicyclic) bond motifs is 1. The van der Waals surface area contributed by atoms with Gasteiger partial charge in [0.15, 0.2) is 0 Å². The summed E-state index contributed by atoms with van der Waals surface area (Å²) in [7, 11) is 3.76. The molecule has 6 heteroatoms. The number of aromatic nitrogens is 2. The first-order valence-electron chi connectivity index (χ1n) is 8.03. The number of rotatable bonds is 1. The van der Waals surface area contributed by atoms with Gasteiger partial charge in [-0.2, -0.15) is 0 Å². The maximum atomic E-state index is 12.9. The molecule has 1 unspecified atom stereocenters. The van der Waals surface area contributed by atoms with Crippen LogP contribution in [0.5, 0.6) is 0 Å². The molecule has 1 atom stereocenters. The van der Waals surface area contributed by atoms with Crippen molar-refractivity contribution >= 4 is 5.91 Å². The minimum absolute atomic E-state index is 0.0213. The van der Waals surface area contributed by atoms with Gasteiger partial charge in [0.1, 0.15) is 5.82 Å². The third kappa shape index (κ3) is 2.56. The van der Waals surface area contributed by atoms with Crippen LogP contribution in [0.3, 0.4) is 0 Å². The van der Waals surface area contributed by atoms with E-state index in [0.29, 0.717) is 24.5 Å². The smallest absolute Gasteiger partial charge is 0.258 e. The number of carbonyl (C=O) groups excluding carboxylic acids is 1. The molecule has 1 amide bonds. The molecule has 0 spiro atoms. The van der Waals surface area contributed by atoms with Crippen LogP contribution >= 0.6 is 0 Å². The van der Waals surface area contributed by atoms with Crippen molar-refractivity contribution < 1.29 is 4.79 Å². The van der Waals surface area contributed by atoms with Crippen LogP contribution in [0, 0.1) is 6.92 Å². The lowest BCUT2D eigenvalue weighted by Gasteiger charge is -2.28. The SMILES string of the molecule is Cc1nc2c(c(=O)n1C)CN(C(=O)C1CCCCCN1C)C2. The fraction of sp³-hybridized carbons (Fsp3) is 0.688. The van der Waals surface area contributed by atoms with Gasteiger partial charge in [-0.05, 0) is 33.4 Å². The number of hydrogen-bond acceptors (Lipinski definition) is 4. The average Bonchev–Trinajstić information content (AvgIpc) is 2.80. The van der Waals surface area contributed by atoms with E-state index in [1.807, 2.05) is 14.0 Å². The van der Waals surface area contributed by atoms with Crippen molar-refractivity contribution in [2.45, 2.75) is 51.7 Å². The van der Waals surface area contributed by atoms with E-state index < -0.39 is 0 Å². The summed E-state index contributed by atoms with van der Waals surface area (Å²) in [4.78, 5) is 33.6. The number of carbonyl (C=O) groups is 1. The molecule has 2 aliphatic heterocycles. The van der Waals surface area contributed by atoms with Crippen molar-refractivity contribution in [2.24, 2.45) is 7.05 Å². The lowest BCUT2D eigenvalue weighted by molar-refractivity contribution is -0.137. The van der Waals surface area contributed by atoms with Crippen molar-refractivity contribution in [3.05, 3.63) is 27.4 Å². The molecule has 3 heterocycles. The zero-order valence-corrected chi connectivity index (χ0v) is 13.6. The topological polar surface area (TPSA) is 58.4 Å². The van der Waals surface area contributed by atoms with E-state index in [2.05, 4.69) is 9.88 Å². The molecule has 22 heavy (non-hydrogen) atoms. The van der Waals surface area contributed by atoms with Crippen molar-refractivity contribution in [1.82, 2.24) is 19.4 Å². The summed E-state index contributed by atoms with van der Waals surface area (Å²) in [5, 5.41) is 0. The Morgan fingerprint density at radius 1 is 1.18 bits per heavy atom. The van der Waals surface area contributed by atoms with Gasteiger partial charge in [-0.1, -0.05) is 12.8 Å². The number of hydrogen-bond donors (Lipinski definition) is 0. The Labute approximate surface area is 130 Å². The number of likely N-dealkylation sites (tertiary alicyclic amines) is 1. The zero-order chi connectivity index (χ0) is 15.9. The highest BCUT2D eigenvalue weighted by molar-refractivity contribution is 5.82. The van der Waals surface area contributed by atoms with Gasteiger partial charge >= 0.3 is 0 Å². The number of aryl methyl sites for hydroxylation is 1. The van der Waals surface area contributed by atoms with Crippen LogP contribution < -0.4 is 5.56 Å². The van der Waals surface area contributed by atoms with E-state index in [4.69, 9.17) is 0 Å². The van der Waals surface area contributed by atoms with Gasteiger partial charge in [0.25, 0.3) is 5.56 Å². The van der Waals surface area contributed by atoms with E-state index in [-0.39, 0.29) is 17.5 Å². The molecule has 1 fully saturated rings. The molecule has 6 nitrogen and oxygen atoms in total. The molecule has 0 bridgehead atoms. The first-order chi connectivity index (χ1) is 10.5. The lowest BCUT2D eigenvalue weighted by atomic mass is 10.1. The fourth-order valence-corrected chi connectivity index (χ4v) is 3.46. The van der Waals surface area contributed by atoms with Crippen LogP contribution in [0.15, 0.2) is 4.79 Å². The first kappa shape index (κ1) is 15.2. The molecule has 0 aliphatic carbocycles. The molecule has 3 rings (SSSR count). The highest BCUT2D eigenvalue weighted by Gasteiger charge is 2.34. The van der Waals surface area contributed by atoms with Gasteiger partial charge in [0.05, 0.1) is 30.4 Å². The van der Waals surface area contributed by atoms with Crippen LogP contribution in [0.2, 0.25) is 0 Å². The normalized spacial score (nSPS) is 22.5. The van der Waals surface area contributed by atoms with Crippen LogP contribution in [0.4, 0.5) is 0 Å². The molecule has 0 radical (unpaired) electrons. The number of amides is 1. The molecule has 1 saturated heterocycles. The second-order valence-electron chi connectivity index (χ2n) is 6.49. The summed E-state index contributed by atoms with van der Waals surface area (Å²) in [5.41, 5.74) is 1.43. The molecular weight excluding hydrogens is 280 g/mol. The minimum Gasteiger partial charge on any atom is -0.331 e. The van der Waals surface area contributed by atoms with Crippen LogP contribution in [-0.2, 0) is 24.9 Å². The predicted molar refractivity (Wildman–Crippen MR) is 83.4 cm³/mol. The third-order valence-corrected chi connectivity index (χ3v) is 5.00. The molecule has 0 saturated carbocycles. The van der Waals surface area contributed by atoms with Gasteiger partial charge in [-0.25, -0.2) is 4.98 Å². The van der Waals surface area contributed by atoms with Gasteiger partial charge in [0, 0.05) is 7.05 Å². The van der Waals surface area contributed by atoms with Crippen molar-refractivity contribution in [3.8, 4) is 0 Å². The Balaban J connectivity index is 1.82. The highest BCUT2D eigenvalue weighted by atomic mass is 16.2. The van der Waals surface area contributed by atoms with E-state index in [9.17, 15) is 9.59 Å². The van der Waals surface area contributed by atoms with Gasteiger partial charge in [0.2, 0.25) is 5.91 Å². The molecular formula is C16H24N4O2. The predicted octanol–water partition coefficient (Wildman–Crippen LogP) is 0.805. The van der Waals surface area contributed by atoms with Gasteiger partial charge < -0.3 is 4.90 Å². The Kier molecular flexibility index (Phi) is 4.04. The van der Waals surface area contributed by atoms with Crippen molar-refractivity contribution in [3.63, 3.8) is 0 Å². The highest BCUT2D eigenvalue weighted by Crippen LogP contribution is 2.23. The molecule has 2 aliphatic rings. The van der Waals surface area contributed by atoms with E-state index in [0.717, 1.165) is 31.5 Å². The standard InChI is InChI=1S/C16H24N4O2/c1-11-17-13-10-20(9-12(13)15(21)19(11)3)16(22)14-7-5-4-6-8-18(14)2/h14H,4-10H2,1-3H3. The monoisotopic (exact) mass is 304 g/mol. The quantitative estimate of drug-likeness (QED) is 0.770.